The van der Waals surface area contributed by atoms with Crippen LogP contribution in [0.3, 0.4) is 0 Å². The summed E-state index contributed by atoms with van der Waals surface area (Å²) in [4.78, 5) is 4.00. The van der Waals surface area contributed by atoms with Crippen molar-refractivity contribution >= 4 is 20.9 Å². The van der Waals surface area contributed by atoms with Crippen LogP contribution in [0, 0.1) is 11.3 Å². The standard InChI is InChI=1S/C25H23F3N4O2S/c26-25(27,28)24(10-11-24)31-35(33,34)18-7-9-21(30-14-18)23-20(13-29)19-8-6-16(15-4-5-15)12-22(19)32(23)17-2-1-3-17/h6-9,12,14-15,17,31H,1-5,10-11H2. The van der Waals surface area contributed by atoms with E-state index in [9.17, 15) is 26.9 Å². The van der Waals surface area contributed by atoms with Crippen LogP contribution in [0.1, 0.15) is 68.0 Å². The molecule has 1 aromatic carbocycles. The molecule has 0 aliphatic heterocycles. The quantitative estimate of drug-likeness (QED) is 0.481. The van der Waals surface area contributed by atoms with Crippen LogP contribution >= 0.6 is 0 Å². The lowest BCUT2D eigenvalue weighted by atomic mass is 9.92. The number of nitrogens with zero attached hydrogens (tertiary/aromatic N) is 3. The van der Waals surface area contributed by atoms with Gasteiger partial charge in [0.2, 0.25) is 10.0 Å². The molecule has 1 N–H and O–H groups in total. The van der Waals surface area contributed by atoms with Crippen LogP contribution in [0.5, 0.6) is 0 Å². The highest BCUT2D eigenvalue weighted by Crippen LogP contribution is 2.50. The van der Waals surface area contributed by atoms with Gasteiger partial charge in [0.25, 0.3) is 0 Å². The Labute approximate surface area is 200 Å². The maximum absolute atomic E-state index is 13.3. The molecule has 0 radical (unpaired) electrons. The smallest absolute Gasteiger partial charge is 0.335 e. The minimum atomic E-state index is -4.65. The Morgan fingerprint density at radius 3 is 2.37 bits per heavy atom. The Bertz CT molecular complexity index is 1470. The Hall–Kier alpha value is -2.90. The monoisotopic (exact) mass is 500 g/mol. The van der Waals surface area contributed by atoms with E-state index in [2.05, 4.69) is 27.8 Å². The maximum Gasteiger partial charge on any atom is 0.407 e. The topological polar surface area (TPSA) is 87.8 Å². The van der Waals surface area contributed by atoms with Crippen molar-refractivity contribution in [3.63, 3.8) is 0 Å². The summed E-state index contributed by atoms with van der Waals surface area (Å²) in [7, 11) is -4.41. The first kappa shape index (κ1) is 22.6. The zero-order valence-corrected chi connectivity index (χ0v) is 19.6. The highest BCUT2D eigenvalue weighted by molar-refractivity contribution is 7.89. The van der Waals surface area contributed by atoms with Gasteiger partial charge in [0.15, 0.2) is 0 Å². The van der Waals surface area contributed by atoms with E-state index in [1.165, 1.54) is 17.7 Å². The average Bonchev–Trinajstić information content (AvgIpc) is 3.70. The highest BCUT2D eigenvalue weighted by atomic mass is 32.2. The largest absolute Gasteiger partial charge is 0.407 e. The first-order chi connectivity index (χ1) is 16.6. The Kier molecular flexibility index (Phi) is 4.86. The van der Waals surface area contributed by atoms with Crippen LogP contribution in [0.2, 0.25) is 0 Å². The molecule has 3 aliphatic rings. The highest BCUT2D eigenvalue weighted by Gasteiger charge is 2.65. The molecule has 0 spiro atoms. The van der Waals surface area contributed by atoms with Crippen molar-refractivity contribution in [3.05, 3.63) is 47.7 Å². The minimum absolute atomic E-state index is 0.220. The molecule has 2 aromatic heterocycles. The fraction of sp³-hybridized carbons (Fsp3) is 0.440. The molecule has 0 unspecified atom stereocenters. The molecule has 0 amide bonds. The summed E-state index contributed by atoms with van der Waals surface area (Å²) in [5.74, 6) is 0.555. The number of alkyl halides is 3. The third-order valence-electron chi connectivity index (χ3n) is 7.54. The second kappa shape index (κ2) is 7.55. The number of nitrogens with one attached hydrogen (secondary N) is 1. The van der Waals surface area contributed by atoms with E-state index in [0.717, 1.165) is 49.2 Å². The number of pyridine rings is 1. The number of fused-ring (bicyclic) bond motifs is 1. The third kappa shape index (κ3) is 3.64. The first-order valence-electron chi connectivity index (χ1n) is 11.8. The molecule has 0 atom stereocenters. The second-order valence-electron chi connectivity index (χ2n) is 9.91. The Morgan fingerprint density at radius 1 is 1.11 bits per heavy atom. The van der Waals surface area contributed by atoms with E-state index in [4.69, 9.17) is 0 Å². The third-order valence-corrected chi connectivity index (χ3v) is 9.06. The molecule has 0 bridgehead atoms. The Morgan fingerprint density at radius 2 is 1.86 bits per heavy atom. The van der Waals surface area contributed by atoms with E-state index in [1.807, 2.05) is 10.8 Å². The van der Waals surface area contributed by atoms with Crippen LogP contribution < -0.4 is 4.72 Å². The van der Waals surface area contributed by atoms with Gasteiger partial charge >= 0.3 is 6.18 Å². The SMILES string of the molecule is N#Cc1c(-c2ccc(S(=O)(=O)NC3(C(F)(F)F)CC3)cn2)n(C2CCC2)c2cc(C3CC3)ccc12. The van der Waals surface area contributed by atoms with Gasteiger partial charge in [-0.1, -0.05) is 12.1 Å². The zero-order valence-electron chi connectivity index (χ0n) is 18.8. The van der Waals surface area contributed by atoms with Crippen molar-refractivity contribution < 1.29 is 21.6 Å². The number of rotatable bonds is 6. The number of hydrogen-bond acceptors (Lipinski definition) is 4. The molecule has 10 heteroatoms. The van der Waals surface area contributed by atoms with Crippen LogP contribution in [-0.4, -0.2) is 29.7 Å². The second-order valence-corrected chi connectivity index (χ2v) is 11.6. The molecular formula is C25H23F3N4O2S. The molecule has 3 aliphatic carbocycles. The fourth-order valence-electron chi connectivity index (χ4n) is 4.95. The summed E-state index contributed by atoms with van der Waals surface area (Å²) in [6.07, 6.45) is 1.22. The number of hydrogen-bond donors (Lipinski definition) is 1. The lowest BCUT2D eigenvalue weighted by molar-refractivity contribution is -0.160. The van der Waals surface area contributed by atoms with Crippen molar-refractivity contribution in [1.29, 1.82) is 5.26 Å². The van der Waals surface area contributed by atoms with Crippen LogP contribution in [-0.2, 0) is 10.0 Å². The first-order valence-corrected chi connectivity index (χ1v) is 13.3. The van der Waals surface area contributed by atoms with Gasteiger partial charge in [0.05, 0.1) is 22.5 Å². The predicted octanol–water partition coefficient (Wildman–Crippen LogP) is 5.55. The van der Waals surface area contributed by atoms with Crippen LogP contribution in [0.15, 0.2) is 41.4 Å². The molecule has 6 rings (SSSR count). The number of sulfonamides is 1. The molecule has 3 fully saturated rings. The number of halogens is 3. The molecule has 2 heterocycles. The van der Waals surface area contributed by atoms with Gasteiger partial charge in [0.1, 0.15) is 16.5 Å². The van der Waals surface area contributed by atoms with Gasteiger partial charge in [-0.3, -0.25) is 4.98 Å². The minimum Gasteiger partial charge on any atom is -0.335 e. The molecular weight excluding hydrogens is 477 g/mol. The fourth-order valence-corrected chi connectivity index (χ4v) is 6.34. The van der Waals surface area contributed by atoms with Crippen LogP contribution in [0.4, 0.5) is 13.2 Å². The van der Waals surface area contributed by atoms with E-state index in [1.54, 1.807) is 0 Å². The van der Waals surface area contributed by atoms with Crippen molar-refractivity contribution in [3.8, 4) is 17.5 Å². The van der Waals surface area contributed by atoms with Gasteiger partial charge in [-0.2, -0.15) is 23.2 Å². The van der Waals surface area contributed by atoms with Crippen molar-refractivity contribution in [1.82, 2.24) is 14.3 Å². The Balaban J connectivity index is 1.42. The van der Waals surface area contributed by atoms with Crippen molar-refractivity contribution in [2.45, 2.75) is 73.5 Å². The van der Waals surface area contributed by atoms with Gasteiger partial charge in [-0.25, -0.2) is 8.42 Å². The molecule has 182 valence electrons. The predicted molar refractivity (Wildman–Crippen MR) is 123 cm³/mol. The van der Waals surface area contributed by atoms with Crippen LogP contribution in [0.25, 0.3) is 22.3 Å². The molecule has 35 heavy (non-hydrogen) atoms. The lowest BCUT2D eigenvalue weighted by Gasteiger charge is -2.30. The van der Waals surface area contributed by atoms with Gasteiger partial charge in [0, 0.05) is 17.6 Å². The molecule has 3 aromatic rings. The molecule has 0 saturated heterocycles. The number of nitriles is 1. The van der Waals surface area contributed by atoms with Crippen molar-refractivity contribution in [2.24, 2.45) is 0 Å². The normalized spacial score (nSPS) is 19.9. The van der Waals surface area contributed by atoms with E-state index >= 15 is 0 Å². The summed E-state index contributed by atoms with van der Waals surface area (Å²) in [6.45, 7) is 0. The summed E-state index contributed by atoms with van der Waals surface area (Å²) >= 11 is 0. The van der Waals surface area contributed by atoms with Crippen molar-refractivity contribution in [2.75, 3.05) is 0 Å². The van der Waals surface area contributed by atoms with Gasteiger partial charge in [-0.15, -0.1) is 0 Å². The summed E-state index contributed by atoms with van der Waals surface area (Å²) in [6, 6.07) is 11.5. The summed E-state index contributed by atoms with van der Waals surface area (Å²) < 4.78 is 69.2. The zero-order chi connectivity index (χ0) is 24.6. The van der Waals surface area contributed by atoms with E-state index in [0.29, 0.717) is 22.9 Å². The van der Waals surface area contributed by atoms with Gasteiger partial charge < -0.3 is 4.57 Å². The lowest BCUT2D eigenvalue weighted by Crippen LogP contribution is -2.47. The van der Waals surface area contributed by atoms with E-state index in [-0.39, 0.29) is 23.8 Å². The number of aromatic nitrogens is 2. The average molecular weight is 501 g/mol. The summed E-state index contributed by atoms with van der Waals surface area (Å²) in [5.41, 5.74) is 1.37. The summed E-state index contributed by atoms with van der Waals surface area (Å²) in [5, 5.41) is 10.9. The molecule has 6 nitrogen and oxygen atoms in total. The van der Waals surface area contributed by atoms with Gasteiger partial charge in [-0.05, 0) is 74.6 Å². The number of benzene rings is 1. The van der Waals surface area contributed by atoms with E-state index < -0.39 is 21.7 Å². The maximum atomic E-state index is 13.3. The molecule has 3 saturated carbocycles.